The number of amides is 1. The van der Waals surface area contributed by atoms with Crippen molar-refractivity contribution in [3.05, 3.63) is 34.9 Å². The zero-order chi connectivity index (χ0) is 15.0. The van der Waals surface area contributed by atoms with Crippen LogP contribution in [0.2, 0.25) is 0 Å². The maximum Gasteiger partial charge on any atom is 0.260 e. The fraction of sp³-hybridized carbons (Fsp3) is 0.562. The molecule has 2 fully saturated rings. The number of hydrogen-bond acceptors (Lipinski definition) is 2. The topological polar surface area (TPSA) is 32.3 Å². The largest absolute Gasteiger partial charge is 0.334 e. The van der Waals surface area contributed by atoms with Crippen molar-refractivity contribution < 1.29 is 13.6 Å². The predicted molar refractivity (Wildman–Crippen MR) is 76.2 cm³/mol. The van der Waals surface area contributed by atoms with Crippen LogP contribution in [0.3, 0.4) is 0 Å². The van der Waals surface area contributed by atoms with Gasteiger partial charge in [0.05, 0.1) is 0 Å². The van der Waals surface area contributed by atoms with E-state index in [1.807, 2.05) is 0 Å². The Hall–Kier alpha value is -1.49. The van der Waals surface area contributed by atoms with Gasteiger partial charge in [0.1, 0.15) is 17.2 Å². The molecule has 0 radical (unpaired) electrons. The van der Waals surface area contributed by atoms with Gasteiger partial charge in [-0.25, -0.2) is 8.78 Å². The highest BCUT2D eigenvalue weighted by Gasteiger charge is 2.37. The van der Waals surface area contributed by atoms with E-state index in [1.54, 1.807) is 11.8 Å². The summed E-state index contributed by atoms with van der Waals surface area (Å²) in [7, 11) is 0. The zero-order valence-corrected chi connectivity index (χ0v) is 12.2. The first-order valence-corrected chi connectivity index (χ1v) is 7.57. The summed E-state index contributed by atoms with van der Waals surface area (Å²) in [4.78, 5) is 14.3. The summed E-state index contributed by atoms with van der Waals surface area (Å²) < 4.78 is 28.1. The second-order valence-corrected chi connectivity index (χ2v) is 6.04. The molecule has 1 heterocycles. The molecule has 2 aliphatic rings. The molecule has 5 heteroatoms. The Morgan fingerprint density at radius 1 is 1.33 bits per heavy atom. The third kappa shape index (κ3) is 2.93. The van der Waals surface area contributed by atoms with E-state index >= 15 is 0 Å². The molecule has 1 saturated heterocycles. The number of carbonyl (C=O) groups excluding carboxylic acids is 1. The van der Waals surface area contributed by atoms with Crippen LogP contribution in [0.5, 0.6) is 0 Å². The fourth-order valence-electron chi connectivity index (χ4n) is 2.93. The lowest BCUT2D eigenvalue weighted by Crippen LogP contribution is -2.43. The summed E-state index contributed by atoms with van der Waals surface area (Å²) in [5, 5.41) is 3.34. The van der Waals surface area contributed by atoms with E-state index in [1.165, 1.54) is 12.1 Å². The average Bonchev–Trinajstić information content (AvgIpc) is 3.17. The van der Waals surface area contributed by atoms with Crippen LogP contribution in [-0.4, -0.2) is 36.0 Å². The van der Waals surface area contributed by atoms with Gasteiger partial charge < -0.3 is 10.2 Å². The van der Waals surface area contributed by atoms with Gasteiger partial charge in [-0.1, -0.05) is 6.07 Å². The summed E-state index contributed by atoms with van der Waals surface area (Å²) in [5.41, 5.74) is -0.102. The van der Waals surface area contributed by atoms with Crippen molar-refractivity contribution in [3.63, 3.8) is 0 Å². The van der Waals surface area contributed by atoms with Crippen LogP contribution in [0.15, 0.2) is 12.1 Å². The van der Waals surface area contributed by atoms with Crippen LogP contribution in [0.25, 0.3) is 0 Å². The number of carbonyl (C=O) groups is 1. The Kier molecular flexibility index (Phi) is 3.93. The van der Waals surface area contributed by atoms with Gasteiger partial charge in [-0.2, -0.15) is 0 Å². The molecule has 3 rings (SSSR count). The lowest BCUT2D eigenvalue weighted by Gasteiger charge is -2.26. The van der Waals surface area contributed by atoms with Crippen LogP contribution in [0.4, 0.5) is 8.78 Å². The molecule has 1 atom stereocenters. The van der Waals surface area contributed by atoms with E-state index < -0.39 is 23.1 Å². The molecule has 1 aromatic rings. The van der Waals surface area contributed by atoms with Gasteiger partial charge in [-0.15, -0.1) is 0 Å². The van der Waals surface area contributed by atoms with E-state index in [-0.39, 0.29) is 12.1 Å². The monoisotopic (exact) mass is 294 g/mol. The molecule has 1 N–H and O–H groups in total. The van der Waals surface area contributed by atoms with Gasteiger partial charge in [0.15, 0.2) is 0 Å². The Morgan fingerprint density at radius 3 is 2.71 bits per heavy atom. The van der Waals surface area contributed by atoms with E-state index in [0.29, 0.717) is 12.1 Å². The summed E-state index contributed by atoms with van der Waals surface area (Å²) in [5.74, 6) is -2.01. The van der Waals surface area contributed by atoms with Crippen molar-refractivity contribution >= 4 is 5.91 Å². The highest BCUT2D eigenvalue weighted by Crippen LogP contribution is 2.30. The van der Waals surface area contributed by atoms with Crippen LogP contribution in [0, 0.1) is 18.6 Å². The second kappa shape index (κ2) is 5.72. The SMILES string of the molecule is Cc1ccc(F)c(C(=O)N(CC2CCCN2)C2CC2)c1F. The molecule has 114 valence electrons. The van der Waals surface area contributed by atoms with Gasteiger partial charge in [-0.3, -0.25) is 4.79 Å². The molecule has 0 bridgehead atoms. The number of nitrogens with zero attached hydrogens (tertiary/aromatic N) is 1. The third-order valence-corrected chi connectivity index (χ3v) is 4.33. The zero-order valence-electron chi connectivity index (χ0n) is 12.2. The van der Waals surface area contributed by atoms with Crippen LogP contribution < -0.4 is 5.32 Å². The smallest absolute Gasteiger partial charge is 0.260 e. The second-order valence-electron chi connectivity index (χ2n) is 6.04. The summed E-state index contributed by atoms with van der Waals surface area (Å²) >= 11 is 0. The molecule has 1 aliphatic heterocycles. The normalized spacial score (nSPS) is 21.6. The Labute approximate surface area is 123 Å². The van der Waals surface area contributed by atoms with E-state index in [9.17, 15) is 13.6 Å². The first-order chi connectivity index (χ1) is 10.1. The summed E-state index contributed by atoms with van der Waals surface area (Å²) in [6.45, 7) is 3.03. The molecule has 0 aromatic heterocycles. The number of halogens is 2. The van der Waals surface area contributed by atoms with Crippen LogP contribution in [0.1, 0.15) is 41.6 Å². The van der Waals surface area contributed by atoms with Gasteiger partial charge in [0.25, 0.3) is 5.91 Å². The Balaban J connectivity index is 1.85. The average molecular weight is 294 g/mol. The van der Waals surface area contributed by atoms with Crippen molar-refractivity contribution in [2.45, 2.75) is 44.7 Å². The molecular weight excluding hydrogens is 274 g/mol. The molecule has 1 amide bonds. The minimum atomic E-state index is -0.770. The van der Waals surface area contributed by atoms with Gasteiger partial charge >= 0.3 is 0 Å². The number of aryl methyl sites for hydroxylation is 1. The maximum absolute atomic E-state index is 14.2. The van der Waals surface area contributed by atoms with Crippen molar-refractivity contribution in [2.24, 2.45) is 0 Å². The Bertz CT molecular complexity index is 551. The maximum atomic E-state index is 14.2. The summed E-state index contributed by atoms with van der Waals surface area (Å²) in [6, 6.07) is 2.91. The minimum Gasteiger partial charge on any atom is -0.334 e. The van der Waals surface area contributed by atoms with Gasteiger partial charge in [-0.05, 0) is 50.8 Å². The van der Waals surface area contributed by atoms with Crippen molar-refractivity contribution in [2.75, 3.05) is 13.1 Å². The molecule has 1 aromatic carbocycles. The van der Waals surface area contributed by atoms with Crippen LogP contribution in [-0.2, 0) is 0 Å². The van der Waals surface area contributed by atoms with E-state index in [2.05, 4.69) is 5.32 Å². The third-order valence-electron chi connectivity index (χ3n) is 4.33. The van der Waals surface area contributed by atoms with Crippen molar-refractivity contribution in [1.29, 1.82) is 0 Å². The molecule has 21 heavy (non-hydrogen) atoms. The van der Waals surface area contributed by atoms with Crippen molar-refractivity contribution in [3.8, 4) is 0 Å². The van der Waals surface area contributed by atoms with Crippen molar-refractivity contribution in [1.82, 2.24) is 10.2 Å². The standard InChI is InChI=1S/C16H20F2N2O/c1-10-4-7-13(17)14(15(10)18)16(21)20(12-5-6-12)9-11-3-2-8-19-11/h4,7,11-12,19H,2-3,5-6,8-9H2,1H3. The predicted octanol–water partition coefficient (Wildman–Crippen LogP) is 2.63. The van der Waals surface area contributed by atoms with Crippen LogP contribution >= 0.6 is 0 Å². The number of nitrogens with one attached hydrogen (secondary N) is 1. The number of hydrogen-bond donors (Lipinski definition) is 1. The lowest BCUT2D eigenvalue weighted by atomic mass is 10.1. The first-order valence-electron chi connectivity index (χ1n) is 7.57. The molecular formula is C16H20F2N2O. The highest BCUT2D eigenvalue weighted by molar-refractivity contribution is 5.95. The Morgan fingerprint density at radius 2 is 2.10 bits per heavy atom. The molecule has 1 unspecified atom stereocenters. The van der Waals surface area contributed by atoms with Gasteiger partial charge in [0.2, 0.25) is 0 Å². The first kappa shape index (κ1) is 14.4. The lowest BCUT2D eigenvalue weighted by molar-refractivity contribution is 0.0718. The quantitative estimate of drug-likeness (QED) is 0.926. The van der Waals surface area contributed by atoms with E-state index in [0.717, 1.165) is 32.2 Å². The highest BCUT2D eigenvalue weighted by atomic mass is 19.1. The molecule has 1 aliphatic carbocycles. The summed E-state index contributed by atoms with van der Waals surface area (Å²) in [6.07, 6.45) is 3.95. The molecule has 3 nitrogen and oxygen atoms in total. The molecule has 0 spiro atoms. The minimum absolute atomic E-state index is 0.138. The number of rotatable bonds is 4. The van der Waals surface area contributed by atoms with E-state index in [4.69, 9.17) is 0 Å². The van der Waals surface area contributed by atoms with Gasteiger partial charge in [0, 0.05) is 18.6 Å². The molecule has 1 saturated carbocycles. The fourth-order valence-corrected chi connectivity index (χ4v) is 2.93. The number of benzene rings is 1.